The van der Waals surface area contributed by atoms with Crippen LogP contribution in [0.15, 0.2) is 54.6 Å². The van der Waals surface area contributed by atoms with Gasteiger partial charge in [-0.3, -0.25) is 4.79 Å². The van der Waals surface area contributed by atoms with Gasteiger partial charge in [0, 0.05) is 10.9 Å². The van der Waals surface area contributed by atoms with Crippen molar-refractivity contribution in [3.63, 3.8) is 0 Å². The summed E-state index contributed by atoms with van der Waals surface area (Å²) >= 11 is 0. The van der Waals surface area contributed by atoms with Gasteiger partial charge in [-0.1, -0.05) is 36.4 Å². The molecule has 0 unspecified atom stereocenters. The van der Waals surface area contributed by atoms with Crippen molar-refractivity contribution < 1.29 is 23.7 Å². The number of benzene rings is 3. The zero-order valence-electron chi connectivity index (χ0n) is 16.2. The SMILES string of the molecule is COc1cc(C(=O)NCCOc2cccc3ccccc23)cc(OC)c1OC. The Morgan fingerprint density at radius 2 is 1.54 bits per heavy atom. The molecule has 0 heterocycles. The molecule has 0 spiro atoms. The van der Waals surface area contributed by atoms with Gasteiger partial charge in [-0.05, 0) is 23.6 Å². The van der Waals surface area contributed by atoms with Gasteiger partial charge >= 0.3 is 0 Å². The Morgan fingerprint density at radius 3 is 2.21 bits per heavy atom. The van der Waals surface area contributed by atoms with E-state index in [-0.39, 0.29) is 5.91 Å². The predicted molar refractivity (Wildman–Crippen MR) is 108 cm³/mol. The highest BCUT2D eigenvalue weighted by atomic mass is 16.5. The minimum absolute atomic E-state index is 0.249. The number of hydrogen-bond donors (Lipinski definition) is 1. The number of rotatable bonds is 8. The number of carbonyl (C=O) groups excluding carboxylic acids is 1. The zero-order valence-corrected chi connectivity index (χ0v) is 16.2. The largest absolute Gasteiger partial charge is 0.493 e. The number of carbonyl (C=O) groups is 1. The third-order valence-electron chi connectivity index (χ3n) is 4.32. The molecule has 28 heavy (non-hydrogen) atoms. The van der Waals surface area contributed by atoms with Crippen LogP contribution in [-0.4, -0.2) is 40.4 Å². The summed E-state index contributed by atoms with van der Waals surface area (Å²) in [4.78, 5) is 12.5. The molecule has 6 heteroatoms. The van der Waals surface area contributed by atoms with Crippen LogP contribution in [0.25, 0.3) is 10.8 Å². The number of nitrogens with one attached hydrogen (secondary N) is 1. The van der Waals surface area contributed by atoms with Crippen molar-refractivity contribution in [2.24, 2.45) is 0 Å². The second kappa shape index (κ2) is 8.99. The first-order valence-electron chi connectivity index (χ1n) is 8.86. The smallest absolute Gasteiger partial charge is 0.251 e. The highest BCUT2D eigenvalue weighted by Crippen LogP contribution is 2.38. The number of ether oxygens (including phenoxy) is 4. The van der Waals surface area contributed by atoms with E-state index in [2.05, 4.69) is 5.32 Å². The van der Waals surface area contributed by atoms with Crippen molar-refractivity contribution in [1.82, 2.24) is 5.32 Å². The van der Waals surface area contributed by atoms with Gasteiger partial charge in [-0.15, -0.1) is 0 Å². The molecule has 146 valence electrons. The Balaban J connectivity index is 1.63. The fourth-order valence-corrected chi connectivity index (χ4v) is 2.96. The Hall–Kier alpha value is -3.41. The van der Waals surface area contributed by atoms with Crippen LogP contribution in [0.2, 0.25) is 0 Å². The highest BCUT2D eigenvalue weighted by Gasteiger charge is 2.16. The highest BCUT2D eigenvalue weighted by molar-refractivity contribution is 5.95. The average molecular weight is 381 g/mol. The fraction of sp³-hybridized carbons (Fsp3) is 0.227. The topological polar surface area (TPSA) is 66.0 Å². The molecule has 0 radical (unpaired) electrons. The number of amides is 1. The van der Waals surface area contributed by atoms with E-state index in [1.54, 1.807) is 12.1 Å². The van der Waals surface area contributed by atoms with Crippen LogP contribution in [0.3, 0.4) is 0 Å². The van der Waals surface area contributed by atoms with Crippen molar-refractivity contribution in [2.75, 3.05) is 34.5 Å². The molecule has 0 aliphatic carbocycles. The number of fused-ring (bicyclic) bond motifs is 1. The maximum atomic E-state index is 12.5. The Bertz CT molecular complexity index is 940. The summed E-state index contributed by atoms with van der Waals surface area (Å²) in [5.74, 6) is 1.85. The normalized spacial score (nSPS) is 10.4. The standard InChI is InChI=1S/C22H23NO5/c1-25-19-13-16(14-20(26-2)21(19)27-3)22(24)23-11-12-28-18-10-6-8-15-7-4-5-9-17(15)18/h4-10,13-14H,11-12H2,1-3H3,(H,23,24). The van der Waals surface area contributed by atoms with E-state index in [1.165, 1.54) is 21.3 Å². The number of hydrogen-bond acceptors (Lipinski definition) is 5. The van der Waals surface area contributed by atoms with Crippen LogP contribution in [-0.2, 0) is 0 Å². The van der Waals surface area contributed by atoms with Gasteiger partial charge in [0.25, 0.3) is 5.91 Å². The van der Waals surface area contributed by atoms with Gasteiger partial charge in [-0.25, -0.2) is 0 Å². The van der Waals surface area contributed by atoms with Crippen LogP contribution in [0.4, 0.5) is 0 Å². The van der Waals surface area contributed by atoms with Gasteiger partial charge in [0.1, 0.15) is 12.4 Å². The lowest BCUT2D eigenvalue weighted by Crippen LogP contribution is -2.28. The minimum atomic E-state index is -0.249. The summed E-state index contributed by atoms with van der Waals surface area (Å²) in [6, 6.07) is 17.1. The molecule has 0 aliphatic heterocycles. The predicted octanol–water partition coefficient (Wildman–Crippen LogP) is 3.67. The molecular formula is C22H23NO5. The van der Waals surface area contributed by atoms with Crippen molar-refractivity contribution in [1.29, 1.82) is 0 Å². The van der Waals surface area contributed by atoms with Crippen molar-refractivity contribution >= 4 is 16.7 Å². The maximum absolute atomic E-state index is 12.5. The molecule has 0 bridgehead atoms. The third kappa shape index (κ3) is 4.11. The van der Waals surface area contributed by atoms with E-state index >= 15 is 0 Å². The van der Waals surface area contributed by atoms with E-state index in [1.807, 2.05) is 42.5 Å². The lowest BCUT2D eigenvalue weighted by Gasteiger charge is -2.14. The van der Waals surface area contributed by atoms with Gasteiger partial charge < -0.3 is 24.3 Å². The molecule has 0 atom stereocenters. The quantitative estimate of drug-likeness (QED) is 0.603. The van der Waals surface area contributed by atoms with E-state index < -0.39 is 0 Å². The van der Waals surface area contributed by atoms with Crippen LogP contribution >= 0.6 is 0 Å². The lowest BCUT2D eigenvalue weighted by atomic mass is 10.1. The Labute approximate surface area is 164 Å². The van der Waals surface area contributed by atoms with Crippen molar-refractivity contribution in [2.45, 2.75) is 0 Å². The number of methoxy groups -OCH3 is 3. The first-order valence-corrected chi connectivity index (χ1v) is 8.86. The lowest BCUT2D eigenvalue weighted by molar-refractivity contribution is 0.0946. The molecule has 0 aliphatic rings. The van der Waals surface area contributed by atoms with E-state index in [4.69, 9.17) is 18.9 Å². The van der Waals surface area contributed by atoms with Crippen LogP contribution in [0.5, 0.6) is 23.0 Å². The summed E-state index contributed by atoms with van der Waals surface area (Å²) in [5.41, 5.74) is 0.416. The zero-order chi connectivity index (χ0) is 19.9. The molecular weight excluding hydrogens is 358 g/mol. The molecule has 3 aromatic rings. The van der Waals surface area contributed by atoms with E-state index in [9.17, 15) is 4.79 Å². The summed E-state index contributed by atoms with van der Waals surface area (Å²) in [7, 11) is 4.54. The van der Waals surface area contributed by atoms with Crippen LogP contribution in [0.1, 0.15) is 10.4 Å². The molecule has 6 nitrogen and oxygen atoms in total. The summed E-state index contributed by atoms with van der Waals surface area (Å²) in [5, 5.41) is 5.00. The maximum Gasteiger partial charge on any atom is 0.251 e. The third-order valence-corrected chi connectivity index (χ3v) is 4.32. The van der Waals surface area contributed by atoms with Gasteiger partial charge in [0.15, 0.2) is 11.5 Å². The Morgan fingerprint density at radius 1 is 0.857 bits per heavy atom. The molecule has 1 N–H and O–H groups in total. The second-order valence-corrected chi connectivity index (χ2v) is 6.00. The van der Waals surface area contributed by atoms with Crippen LogP contribution < -0.4 is 24.3 Å². The van der Waals surface area contributed by atoms with Gasteiger partial charge in [-0.2, -0.15) is 0 Å². The average Bonchev–Trinajstić information content (AvgIpc) is 2.75. The molecule has 3 rings (SSSR count). The molecule has 3 aromatic carbocycles. The Kier molecular flexibility index (Phi) is 6.22. The summed E-state index contributed by atoms with van der Waals surface area (Å²) in [6.45, 7) is 0.711. The van der Waals surface area contributed by atoms with Crippen LogP contribution in [0, 0.1) is 0 Å². The summed E-state index contributed by atoms with van der Waals surface area (Å²) < 4.78 is 21.7. The molecule has 0 fully saturated rings. The molecule has 0 aromatic heterocycles. The van der Waals surface area contributed by atoms with Gasteiger partial charge in [0.2, 0.25) is 5.75 Å². The van der Waals surface area contributed by atoms with E-state index in [0.717, 1.165) is 16.5 Å². The van der Waals surface area contributed by atoms with E-state index in [0.29, 0.717) is 36.0 Å². The van der Waals surface area contributed by atoms with Crippen molar-refractivity contribution in [3.8, 4) is 23.0 Å². The minimum Gasteiger partial charge on any atom is -0.493 e. The second-order valence-electron chi connectivity index (χ2n) is 6.00. The first kappa shape index (κ1) is 19.4. The van der Waals surface area contributed by atoms with Gasteiger partial charge in [0.05, 0.1) is 27.9 Å². The molecule has 1 amide bonds. The summed E-state index contributed by atoms with van der Waals surface area (Å²) in [6.07, 6.45) is 0. The van der Waals surface area contributed by atoms with Crippen molar-refractivity contribution in [3.05, 3.63) is 60.2 Å². The first-order chi connectivity index (χ1) is 13.7. The molecule has 0 saturated carbocycles. The molecule has 0 saturated heterocycles. The fourth-order valence-electron chi connectivity index (χ4n) is 2.96. The monoisotopic (exact) mass is 381 g/mol.